The first-order valence-corrected chi connectivity index (χ1v) is 6.94. The summed E-state index contributed by atoms with van der Waals surface area (Å²) in [5.41, 5.74) is 7.36. The molecule has 1 saturated carbocycles. The minimum atomic E-state index is 0.286. The standard InChI is InChI=1S/C14H21NS/c1-11-5-3-7-13(9-11)16-14(10-15)8-4-6-12(14)2/h3,5,7,9,12H,4,6,8,10,15H2,1-2H3. The molecule has 88 valence electrons. The van der Waals surface area contributed by atoms with E-state index in [4.69, 9.17) is 5.73 Å². The highest BCUT2D eigenvalue weighted by Crippen LogP contribution is 2.48. The maximum absolute atomic E-state index is 6.02. The highest BCUT2D eigenvalue weighted by molar-refractivity contribution is 8.00. The number of thioether (sulfide) groups is 1. The zero-order valence-electron chi connectivity index (χ0n) is 10.2. The van der Waals surface area contributed by atoms with Crippen LogP contribution in [-0.4, -0.2) is 11.3 Å². The molecule has 2 rings (SSSR count). The second kappa shape index (κ2) is 4.80. The molecule has 0 aliphatic heterocycles. The van der Waals surface area contributed by atoms with E-state index in [-0.39, 0.29) is 4.75 Å². The lowest BCUT2D eigenvalue weighted by molar-refractivity contribution is 0.476. The molecule has 0 radical (unpaired) electrons. The van der Waals surface area contributed by atoms with Crippen LogP contribution < -0.4 is 5.73 Å². The molecule has 0 amide bonds. The van der Waals surface area contributed by atoms with Crippen molar-refractivity contribution in [2.75, 3.05) is 6.54 Å². The van der Waals surface area contributed by atoms with Gasteiger partial charge in [0.1, 0.15) is 0 Å². The molecule has 1 fully saturated rings. The summed E-state index contributed by atoms with van der Waals surface area (Å²) in [4.78, 5) is 1.37. The van der Waals surface area contributed by atoms with Gasteiger partial charge in [0.15, 0.2) is 0 Å². The number of rotatable bonds is 3. The van der Waals surface area contributed by atoms with Crippen molar-refractivity contribution in [2.45, 2.75) is 42.8 Å². The largest absolute Gasteiger partial charge is 0.329 e. The van der Waals surface area contributed by atoms with Crippen LogP contribution in [0.4, 0.5) is 0 Å². The molecule has 1 aromatic rings. The van der Waals surface area contributed by atoms with Crippen molar-refractivity contribution >= 4 is 11.8 Å². The predicted molar refractivity (Wildman–Crippen MR) is 71.8 cm³/mol. The van der Waals surface area contributed by atoms with Gasteiger partial charge in [0.2, 0.25) is 0 Å². The summed E-state index contributed by atoms with van der Waals surface area (Å²) in [5, 5.41) is 0. The minimum absolute atomic E-state index is 0.286. The lowest BCUT2D eigenvalue weighted by Gasteiger charge is -2.31. The number of aryl methyl sites for hydroxylation is 1. The molecule has 2 heteroatoms. The molecular weight excluding hydrogens is 214 g/mol. The quantitative estimate of drug-likeness (QED) is 0.866. The van der Waals surface area contributed by atoms with E-state index < -0.39 is 0 Å². The van der Waals surface area contributed by atoms with Crippen LogP contribution in [-0.2, 0) is 0 Å². The molecule has 16 heavy (non-hydrogen) atoms. The number of benzene rings is 1. The van der Waals surface area contributed by atoms with Gasteiger partial charge in [-0.15, -0.1) is 11.8 Å². The van der Waals surface area contributed by atoms with Crippen LogP contribution in [0.2, 0.25) is 0 Å². The molecule has 0 spiro atoms. The van der Waals surface area contributed by atoms with Crippen molar-refractivity contribution in [3.8, 4) is 0 Å². The van der Waals surface area contributed by atoms with Gasteiger partial charge in [-0.25, -0.2) is 0 Å². The van der Waals surface area contributed by atoms with Gasteiger partial charge < -0.3 is 5.73 Å². The van der Waals surface area contributed by atoms with Gasteiger partial charge in [0.05, 0.1) is 0 Å². The minimum Gasteiger partial charge on any atom is -0.329 e. The van der Waals surface area contributed by atoms with Gasteiger partial charge in [0.25, 0.3) is 0 Å². The van der Waals surface area contributed by atoms with E-state index in [0.29, 0.717) is 0 Å². The third kappa shape index (κ3) is 2.28. The highest BCUT2D eigenvalue weighted by Gasteiger charge is 2.39. The van der Waals surface area contributed by atoms with Crippen molar-refractivity contribution in [1.29, 1.82) is 0 Å². The van der Waals surface area contributed by atoms with Crippen molar-refractivity contribution < 1.29 is 0 Å². The van der Waals surface area contributed by atoms with Crippen LogP contribution in [0.15, 0.2) is 29.2 Å². The molecule has 2 atom stereocenters. The van der Waals surface area contributed by atoms with Crippen LogP contribution in [0, 0.1) is 12.8 Å². The molecule has 2 unspecified atom stereocenters. The molecule has 1 nitrogen and oxygen atoms in total. The predicted octanol–water partition coefficient (Wildman–Crippen LogP) is 3.60. The maximum Gasteiger partial charge on any atom is 0.0354 e. The second-order valence-corrected chi connectivity index (χ2v) is 6.47. The molecule has 1 aliphatic carbocycles. The van der Waals surface area contributed by atoms with Gasteiger partial charge in [0, 0.05) is 16.2 Å². The van der Waals surface area contributed by atoms with E-state index in [0.717, 1.165) is 12.5 Å². The fourth-order valence-electron chi connectivity index (χ4n) is 2.63. The van der Waals surface area contributed by atoms with Crippen LogP contribution in [0.25, 0.3) is 0 Å². The summed E-state index contributed by atoms with van der Waals surface area (Å²) in [7, 11) is 0. The SMILES string of the molecule is Cc1cccc(SC2(CN)CCCC2C)c1. The Kier molecular flexibility index (Phi) is 3.60. The molecule has 0 bridgehead atoms. The van der Waals surface area contributed by atoms with Crippen molar-refractivity contribution in [3.63, 3.8) is 0 Å². The first-order valence-electron chi connectivity index (χ1n) is 6.12. The van der Waals surface area contributed by atoms with Crippen LogP contribution in [0.1, 0.15) is 31.7 Å². The van der Waals surface area contributed by atoms with E-state index in [1.54, 1.807) is 0 Å². The average Bonchev–Trinajstić information content (AvgIpc) is 2.61. The van der Waals surface area contributed by atoms with Crippen LogP contribution >= 0.6 is 11.8 Å². The highest BCUT2D eigenvalue weighted by atomic mass is 32.2. The molecule has 0 heterocycles. The zero-order valence-corrected chi connectivity index (χ0v) is 11.0. The Balaban J connectivity index is 2.18. The van der Waals surface area contributed by atoms with E-state index in [9.17, 15) is 0 Å². The fraction of sp³-hybridized carbons (Fsp3) is 0.571. The van der Waals surface area contributed by atoms with Crippen molar-refractivity contribution in [3.05, 3.63) is 29.8 Å². The zero-order chi connectivity index (χ0) is 11.6. The normalized spacial score (nSPS) is 29.6. The fourth-order valence-corrected chi connectivity index (χ4v) is 4.14. The summed E-state index contributed by atoms with van der Waals surface area (Å²) in [6.07, 6.45) is 3.93. The van der Waals surface area contributed by atoms with Gasteiger partial charge in [-0.3, -0.25) is 0 Å². The summed E-state index contributed by atoms with van der Waals surface area (Å²) >= 11 is 2.00. The Hall–Kier alpha value is -0.470. The van der Waals surface area contributed by atoms with Crippen LogP contribution in [0.3, 0.4) is 0 Å². The number of hydrogen-bond acceptors (Lipinski definition) is 2. The van der Waals surface area contributed by atoms with Crippen molar-refractivity contribution in [2.24, 2.45) is 11.7 Å². The van der Waals surface area contributed by atoms with Gasteiger partial charge >= 0.3 is 0 Å². The Bertz CT molecular complexity index is 364. The Labute approximate surface area is 103 Å². The number of hydrogen-bond donors (Lipinski definition) is 1. The molecule has 1 aliphatic rings. The molecule has 0 saturated heterocycles. The topological polar surface area (TPSA) is 26.0 Å². The smallest absolute Gasteiger partial charge is 0.0354 e. The molecule has 2 N–H and O–H groups in total. The summed E-state index contributed by atoms with van der Waals surface area (Å²) in [5.74, 6) is 0.739. The van der Waals surface area contributed by atoms with E-state index >= 15 is 0 Å². The van der Waals surface area contributed by atoms with Gasteiger partial charge in [-0.2, -0.15) is 0 Å². The monoisotopic (exact) mass is 235 g/mol. The molecule has 0 aromatic heterocycles. The Morgan fingerprint density at radius 3 is 2.88 bits per heavy atom. The first kappa shape index (κ1) is 12.0. The third-order valence-corrected chi connectivity index (χ3v) is 5.46. The summed E-state index contributed by atoms with van der Waals surface area (Å²) in [6, 6.07) is 8.77. The Morgan fingerprint density at radius 1 is 1.50 bits per heavy atom. The number of nitrogens with two attached hydrogens (primary N) is 1. The Morgan fingerprint density at radius 2 is 2.31 bits per heavy atom. The maximum atomic E-state index is 6.02. The van der Waals surface area contributed by atoms with E-state index in [1.165, 1.54) is 29.7 Å². The average molecular weight is 235 g/mol. The van der Waals surface area contributed by atoms with Gasteiger partial charge in [-0.1, -0.05) is 31.0 Å². The first-order chi connectivity index (χ1) is 7.66. The van der Waals surface area contributed by atoms with E-state index in [1.807, 2.05) is 11.8 Å². The summed E-state index contributed by atoms with van der Waals surface area (Å²) in [6.45, 7) is 5.30. The molecular formula is C14H21NS. The lowest BCUT2D eigenvalue weighted by Crippen LogP contribution is -2.36. The second-order valence-electron chi connectivity index (χ2n) is 4.98. The lowest BCUT2D eigenvalue weighted by atomic mass is 9.97. The van der Waals surface area contributed by atoms with Crippen molar-refractivity contribution in [1.82, 2.24) is 0 Å². The van der Waals surface area contributed by atoms with E-state index in [2.05, 4.69) is 38.1 Å². The third-order valence-electron chi connectivity index (χ3n) is 3.79. The summed E-state index contributed by atoms with van der Waals surface area (Å²) < 4.78 is 0.286. The van der Waals surface area contributed by atoms with Gasteiger partial charge in [-0.05, 0) is 37.8 Å². The molecule has 1 aromatic carbocycles. The van der Waals surface area contributed by atoms with Crippen LogP contribution in [0.5, 0.6) is 0 Å².